The van der Waals surface area contributed by atoms with Crippen LogP contribution in [0.4, 0.5) is 17.1 Å². The fraction of sp³-hybridized carbons (Fsp3) is 0.571. The van der Waals surface area contributed by atoms with Crippen molar-refractivity contribution in [2.24, 2.45) is 5.92 Å². The predicted octanol–water partition coefficient (Wildman–Crippen LogP) is 3.19. The molecule has 0 amide bonds. The number of nitrogen functional groups attached to an aromatic ring is 1. The van der Waals surface area contributed by atoms with E-state index in [1.54, 1.807) is 12.1 Å². The van der Waals surface area contributed by atoms with E-state index in [4.69, 9.17) is 5.73 Å². The van der Waals surface area contributed by atoms with Gasteiger partial charge in [-0.1, -0.05) is 19.8 Å². The molecular weight excluding hydrogens is 242 g/mol. The smallest absolute Gasteiger partial charge is 0.292 e. The Bertz CT molecular complexity index is 476. The van der Waals surface area contributed by atoms with Gasteiger partial charge in [-0.25, -0.2) is 0 Å². The van der Waals surface area contributed by atoms with E-state index in [1.807, 2.05) is 7.05 Å². The molecule has 0 saturated heterocycles. The van der Waals surface area contributed by atoms with E-state index >= 15 is 0 Å². The number of nitrogens with two attached hydrogens (primary N) is 1. The number of hydrogen-bond donors (Lipinski definition) is 1. The molecule has 2 atom stereocenters. The molecule has 1 saturated carbocycles. The predicted molar refractivity (Wildman–Crippen MR) is 77.3 cm³/mol. The van der Waals surface area contributed by atoms with Gasteiger partial charge in [0.25, 0.3) is 5.69 Å². The van der Waals surface area contributed by atoms with Gasteiger partial charge in [-0.3, -0.25) is 10.1 Å². The van der Waals surface area contributed by atoms with Crippen LogP contribution < -0.4 is 10.6 Å². The molecule has 1 aromatic carbocycles. The van der Waals surface area contributed by atoms with Crippen LogP contribution in [0.2, 0.25) is 0 Å². The molecule has 2 unspecified atom stereocenters. The molecule has 2 rings (SSSR count). The number of nitrogens with zero attached hydrogens (tertiary/aromatic N) is 2. The van der Waals surface area contributed by atoms with E-state index < -0.39 is 4.92 Å². The molecule has 0 aliphatic heterocycles. The van der Waals surface area contributed by atoms with E-state index in [9.17, 15) is 10.1 Å². The summed E-state index contributed by atoms with van der Waals surface area (Å²) in [6, 6.07) is 5.49. The molecule has 0 aromatic heterocycles. The quantitative estimate of drug-likeness (QED) is 0.516. The standard InChI is InChI=1S/C14H21N3O2/c1-10-5-3-4-6-13(10)16(2)11-7-8-14(17(18)19)12(15)9-11/h7-10,13H,3-6,15H2,1-2H3. The number of nitro benzene ring substituents is 1. The Labute approximate surface area is 113 Å². The van der Waals surface area contributed by atoms with Gasteiger partial charge in [0.1, 0.15) is 5.69 Å². The zero-order chi connectivity index (χ0) is 14.0. The van der Waals surface area contributed by atoms with Gasteiger partial charge in [-0.05, 0) is 30.9 Å². The van der Waals surface area contributed by atoms with Crippen molar-refractivity contribution < 1.29 is 4.92 Å². The fourth-order valence-corrected chi connectivity index (χ4v) is 2.99. The molecule has 1 aliphatic carbocycles. The first-order valence-corrected chi connectivity index (χ1v) is 6.77. The second kappa shape index (κ2) is 5.47. The molecule has 0 heterocycles. The summed E-state index contributed by atoms with van der Waals surface area (Å²) in [7, 11) is 2.05. The highest BCUT2D eigenvalue weighted by Gasteiger charge is 2.25. The minimum atomic E-state index is -0.442. The lowest BCUT2D eigenvalue weighted by atomic mass is 9.85. The molecular formula is C14H21N3O2. The van der Waals surface area contributed by atoms with Crippen molar-refractivity contribution >= 4 is 17.1 Å². The van der Waals surface area contributed by atoms with Crippen LogP contribution in [-0.2, 0) is 0 Å². The van der Waals surface area contributed by atoms with E-state index in [0.29, 0.717) is 12.0 Å². The molecule has 1 aromatic rings. The lowest BCUT2D eigenvalue weighted by molar-refractivity contribution is -0.383. The van der Waals surface area contributed by atoms with Crippen molar-refractivity contribution in [1.29, 1.82) is 0 Å². The SMILES string of the molecule is CC1CCCCC1N(C)c1ccc([N+](=O)[O-])c(N)c1. The summed E-state index contributed by atoms with van der Waals surface area (Å²) in [6.07, 6.45) is 4.97. The summed E-state index contributed by atoms with van der Waals surface area (Å²) in [6.45, 7) is 2.27. The maximum Gasteiger partial charge on any atom is 0.292 e. The molecule has 5 nitrogen and oxygen atoms in total. The Morgan fingerprint density at radius 1 is 1.37 bits per heavy atom. The zero-order valence-corrected chi connectivity index (χ0v) is 11.5. The number of hydrogen-bond acceptors (Lipinski definition) is 4. The summed E-state index contributed by atoms with van der Waals surface area (Å²) in [4.78, 5) is 12.5. The van der Waals surface area contributed by atoms with Crippen molar-refractivity contribution in [2.45, 2.75) is 38.6 Å². The van der Waals surface area contributed by atoms with Gasteiger partial charge in [-0.15, -0.1) is 0 Å². The third-order valence-electron chi connectivity index (χ3n) is 4.18. The van der Waals surface area contributed by atoms with Crippen molar-refractivity contribution in [2.75, 3.05) is 17.7 Å². The number of nitro groups is 1. The number of rotatable bonds is 3. The molecule has 1 fully saturated rings. The average Bonchev–Trinajstić information content (AvgIpc) is 2.38. The van der Waals surface area contributed by atoms with Gasteiger partial charge in [-0.2, -0.15) is 0 Å². The van der Waals surface area contributed by atoms with Crippen molar-refractivity contribution in [1.82, 2.24) is 0 Å². The second-order valence-corrected chi connectivity index (χ2v) is 5.44. The highest BCUT2D eigenvalue weighted by atomic mass is 16.6. The van der Waals surface area contributed by atoms with Crippen molar-refractivity contribution in [3.8, 4) is 0 Å². The average molecular weight is 263 g/mol. The van der Waals surface area contributed by atoms with E-state index in [-0.39, 0.29) is 11.4 Å². The highest BCUT2D eigenvalue weighted by Crippen LogP contribution is 2.33. The van der Waals surface area contributed by atoms with Crippen molar-refractivity contribution in [3.63, 3.8) is 0 Å². The van der Waals surface area contributed by atoms with Crippen LogP contribution in [-0.4, -0.2) is 18.0 Å². The molecule has 0 bridgehead atoms. The third kappa shape index (κ3) is 2.80. The normalized spacial score (nSPS) is 23.1. The van der Waals surface area contributed by atoms with Gasteiger partial charge in [0.2, 0.25) is 0 Å². The summed E-state index contributed by atoms with van der Waals surface area (Å²) in [5.74, 6) is 0.648. The Morgan fingerprint density at radius 2 is 2.05 bits per heavy atom. The zero-order valence-electron chi connectivity index (χ0n) is 11.5. The van der Waals surface area contributed by atoms with Crippen LogP contribution in [0.3, 0.4) is 0 Å². The minimum Gasteiger partial charge on any atom is -0.393 e. The van der Waals surface area contributed by atoms with Crippen molar-refractivity contribution in [3.05, 3.63) is 28.3 Å². The van der Waals surface area contributed by atoms with Gasteiger partial charge < -0.3 is 10.6 Å². The number of benzene rings is 1. The maximum atomic E-state index is 10.8. The lowest BCUT2D eigenvalue weighted by Crippen LogP contribution is -2.39. The Morgan fingerprint density at radius 3 is 2.63 bits per heavy atom. The van der Waals surface area contributed by atoms with E-state index in [2.05, 4.69) is 11.8 Å². The molecule has 104 valence electrons. The minimum absolute atomic E-state index is 0.0196. The summed E-state index contributed by atoms with van der Waals surface area (Å²) < 4.78 is 0. The Kier molecular flexibility index (Phi) is 3.93. The van der Waals surface area contributed by atoms with Crippen LogP contribution in [0.15, 0.2) is 18.2 Å². The van der Waals surface area contributed by atoms with Gasteiger partial charge in [0, 0.05) is 24.8 Å². The second-order valence-electron chi connectivity index (χ2n) is 5.44. The molecule has 0 radical (unpaired) electrons. The van der Waals surface area contributed by atoms with Crippen LogP contribution in [0.1, 0.15) is 32.6 Å². The summed E-state index contributed by atoms with van der Waals surface area (Å²) in [5.41, 5.74) is 6.93. The van der Waals surface area contributed by atoms with E-state index in [0.717, 1.165) is 5.69 Å². The van der Waals surface area contributed by atoms with Crippen LogP contribution in [0.25, 0.3) is 0 Å². The van der Waals surface area contributed by atoms with Crippen LogP contribution in [0, 0.1) is 16.0 Å². The monoisotopic (exact) mass is 263 g/mol. The molecule has 19 heavy (non-hydrogen) atoms. The first-order chi connectivity index (χ1) is 9.00. The largest absolute Gasteiger partial charge is 0.393 e. The van der Waals surface area contributed by atoms with E-state index in [1.165, 1.54) is 31.7 Å². The fourth-order valence-electron chi connectivity index (χ4n) is 2.99. The molecule has 1 aliphatic rings. The Hall–Kier alpha value is -1.78. The highest BCUT2D eigenvalue weighted by molar-refractivity contribution is 5.66. The van der Waals surface area contributed by atoms with Crippen LogP contribution >= 0.6 is 0 Å². The molecule has 5 heteroatoms. The van der Waals surface area contributed by atoms with Gasteiger partial charge in [0.15, 0.2) is 0 Å². The van der Waals surface area contributed by atoms with Gasteiger partial charge >= 0.3 is 0 Å². The number of anilines is 2. The first kappa shape index (κ1) is 13.6. The summed E-state index contributed by atoms with van der Waals surface area (Å²) >= 11 is 0. The first-order valence-electron chi connectivity index (χ1n) is 6.77. The van der Waals surface area contributed by atoms with Crippen LogP contribution in [0.5, 0.6) is 0 Å². The molecule has 2 N–H and O–H groups in total. The lowest BCUT2D eigenvalue weighted by Gasteiger charge is -2.37. The molecule has 0 spiro atoms. The topological polar surface area (TPSA) is 72.4 Å². The maximum absolute atomic E-state index is 10.8. The van der Waals surface area contributed by atoms with Gasteiger partial charge in [0.05, 0.1) is 4.92 Å². The Balaban J connectivity index is 2.21. The third-order valence-corrected chi connectivity index (χ3v) is 4.18. The summed E-state index contributed by atoms with van der Waals surface area (Å²) in [5, 5.41) is 10.8.